The molecule has 0 saturated heterocycles. The van der Waals surface area contributed by atoms with Crippen LogP contribution in [0.2, 0.25) is 0 Å². The Labute approximate surface area is 188 Å². The van der Waals surface area contributed by atoms with Gasteiger partial charge in [-0.3, -0.25) is 9.97 Å². The molecule has 1 N–H and O–H groups in total. The van der Waals surface area contributed by atoms with Crippen molar-refractivity contribution in [3.63, 3.8) is 0 Å². The molecule has 1 aromatic carbocycles. The third-order valence-corrected chi connectivity index (χ3v) is 5.24. The van der Waals surface area contributed by atoms with Crippen LogP contribution in [0.15, 0.2) is 73.3 Å². The summed E-state index contributed by atoms with van der Waals surface area (Å²) in [5.41, 5.74) is 4.08. The predicted molar refractivity (Wildman–Crippen MR) is 122 cm³/mol. The monoisotopic (exact) mass is 440 g/mol. The lowest BCUT2D eigenvalue weighted by molar-refractivity contribution is 0.622. The molecule has 0 unspecified atom stereocenters. The van der Waals surface area contributed by atoms with E-state index in [2.05, 4.69) is 30.5 Å². The summed E-state index contributed by atoms with van der Waals surface area (Å²) in [5.74, 6) is -0.868. The molecule has 8 heteroatoms. The fourth-order valence-electron chi connectivity index (χ4n) is 3.61. The first kappa shape index (κ1) is 20.6. The third-order valence-electron chi connectivity index (χ3n) is 5.24. The summed E-state index contributed by atoms with van der Waals surface area (Å²) < 4.78 is 29.9. The molecule has 5 rings (SSSR count). The van der Waals surface area contributed by atoms with Crippen molar-refractivity contribution < 1.29 is 8.78 Å². The van der Waals surface area contributed by atoms with Crippen molar-refractivity contribution in [3.8, 4) is 22.4 Å². The van der Waals surface area contributed by atoms with Gasteiger partial charge in [-0.1, -0.05) is 6.07 Å². The number of hydrogen-bond donors (Lipinski definition) is 1. The zero-order chi connectivity index (χ0) is 22.8. The topological polar surface area (TPSA) is 76.5 Å². The second kappa shape index (κ2) is 8.66. The van der Waals surface area contributed by atoms with Gasteiger partial charge in [0.15, 0.2) is 11.6 Å². The van der Waals surface area contributed by atoms with Crippen molar-refractivity contribution >= 4 is 16.7 Å². The highest BCUT2D eigenvalue weighted by molar-refractivity contribution is 5.84. The first-order chi connectivity index (χ1) is 16.1. The van der Waals surface area contributed by atoms with E-state index in [1.807, 2.05) is 19.1 Å². The molecule has 0 atom stereocenters. The first-order valence-electron chi connectivity index (χ1n) is 10.3. The minimum atomic E-state index is -0.490. The largest absolute Gasteiger partial charge is 0.363 e. The lowest BCUT2D eigenvalue weighted by atomic mass is 10.0. The van der Waals surface area contributed by atoms with Crippen LogP contribution in [-0.4, -0.2) is 25.1 Å². The molecule has 4 heterocycles. The van der Waals surface area contributed by atoms with Crippen molar-refractivity contribution in [1.29, 1.82) is 0 Å². The van der Waals surface area contributed by atoms with E-state index in [1.54, 1.807) is 48.9 Å². The van der Waals surface area contributed by atoms with Crippen molar-refractivity contribution in [2.45, 2.75) is 13.5 Å². The molecule has 6 nitrogen and oxygen atoms in total. The van der Waals surface area contributed by atoms with Crippen LogP contribution in [0, 0.1) is 18.6 Å². The summed E-state index contributed by atoms with van der Waals surface area (Å²) in [6.07, 6.45) is 6.30. The molecule has 33 heavy (non-hydrogen) atoms. The van der Waals surface area contributed by atoms with Gasteiger partial charge < -0.3 is 5.32 Å². The van der Waals surface area contributed by atoms with Gasteiger partial charge in [-0.15, -0.1) is 0 Å². The lowest BCUT2D eigenvalue weighted by Gasteiger charge is -2.11. The summed E-state index contributed by atoms with van der Waals surface area (Å²) in [4.78, 5) is 12.5. The van der Waals surface area contributed by atoms with E-state index in [0.717, 1.165) is 16.6 Å². The van der Waals surface area contributed by atoms with E-state index in [0.29, 0.717) is 22.3 Å². The summed E-state index contributed by atoms with van der Waals surface area (Å²) in [5, 5.41) is 11.7. The molecule has 5 aromatic rings. The maximum Gasteiger partial charge on any atom is 0.173 e. The van der Waals surface area contributed by atoms with Gasteiger partial charge in [0.1, 0.15) is 11.5 Å². The molecule has 0 fully saturated rings. The van der Waals surface area contributed by atoms with Crippen molar-refractivity contribution in [1.82, 2.24) is 25.1 Å². The quantitative estimate of drug-likeness (QED) is 0.397. The van der Waals surface area contributed by atoms with Gasteiger partial charge in [0.2, 0.25) is 0 Å². The number of nitrogens with one attached hydrogen (secondary N) is 1. The van der Waals surface area contributed by atoms with Crippen LogP contribution in [0.4, 0.5) is 14.6 Å². The normalized spacial score (nSPS) is 11.0. The highest BCUT2D eigenvalue weighted by Gasteiger charge is 2.13. The molecule has 0 aliphatic carbocycles. The van der Waals surface area contributed by atoms with Gasteiger partial charge in [0.05, 0.1) is 11.7 Å². The molecule has 0 saturated carbocycles. The van der Waals surface area contributed by atoms with Crippen LogP contribution in [0.25, 0.3) is 33.3 Å². The van der Waals surface area contributed by atoms with Crippen LogP contribution in [0.1, 0.15) is 11.3 Å². The molecule has 0 aliphatic heterocycles. The van der Waals surface area contributed by atoms with Crippen LogP contribution in [0.5, 0.6) is 0 Å². The molecule has 0 spiro atoms. The maximum absolute atomic E-state index is 15.2. The van der Waals surface area contributed by atoms with Gasteiger partial charge in [-0.05, 0) is 60.5 Å². The van der Waals surface area contributed by atoms with Gasteiger partial charge >= 0.3 is 0 Å². The Morgan fingerprint density at radius 3 is 2.58 bits per heavy atom. The molecule has 0 amide bonds. The number of halogens is 2. The number of fused-ring (bicyclic) bond motifs is 1. The van der Waals surface area contributed by atoms with Crippen LogP contribution in [-0.2, 0) is 6.54 Å². The summed E-state index contributed by atoms with van der Waals surface area (Å²) >= 11 is 0. The fourth-order valence-corrected chi connectivity index (χ4v) is 3.61. The Bertz CT molecular complexity index is 1470. The zero-order valence-electron chi connectivity index (χ0n) is 17.6. The molecule has 0 aliphatic rings. The highest BCUT2D eigenvalue weighted by Crippen LogP contribution is 2.29. The molecule has 0 radical (unpaired) electrons. The number of hydrogen-bond acceptors (Lipinski definition) is 6. The molecule has 4 aromatic heterocycles. The van der Waals surface area contributed by atoms with Crippen molar-refractivity contribution in [2.24, 2.45) is 0 Å². The fraction of sp³-hybridized carbons (Fsp3) is 0.0800. The Balaban J connectivity index is 1.37. The summed E-state index contributed by atoms with van der Waals surface area (Å²) in [6.45, 7) is 2.00. The average molecular weight is 440 g/mol. The number of anilines is 1. The van der Waals surface area contributed by atoms with E-state index in [9.17, 15) is 4.39 Å². The van der Waals surface area contributed by atoms with Crippen molar-refractivity contribution in [3.05, 3.63) is 96.2 Å². The van der Waals surface area contributed by atoms with Gasteiger partial charge in [0.25, 0.3) is 0 Å². The first-order valence-corrected chi connectivity index (χ1v) is 10.3. The number of nitrogens with zero attached hydrogens (tertiary/aromatic N) is 5. The summed E-state index contributed by atoms with van der Waals surface area (Å²) in [7, 11) is 0. The standard InChI is InChI=1S/C25H18F2N6/c1-15-10-19(4-7-28-15)24-21(26)11-16(13-30-24)14-31-25-23(27)20(6-8-29-25)17-2-3-22-18(12-17)5-9-32-33-22/h2-13H,14H2,1H3,(H,29,31). The second-order valence-electron chi connectivity index (χ2n) is 7.54. The predicted octanol–water partition coefficient (Wildman–Crippen LogP) is 5.35. The Kier molecular flexibility index (Phi) is 5.40. The van der Waals surface area contributed by atoms with Crippen LogP contribution >= 0.6 is 0 Å². The van der Waals surface area contributed by atoms with E-state index in [-0.39, 0.29) is 18.1 Å². The van der Waals surface area contributed by atoms with E-state index in [4.69, 9.17) is 0 Å². The van der Waals surface area contributed by atoms with Gasteiger partial charge in [-0.2, -0.15) is 10.2 Å². The molecule has 162 valence electrons. The van der Waals surface area contributed by atoms with Crippen molar-refractivity contribution in [2.75, 3.05) is 5.32 Å². The van der Waals surface area contributed by atoms with Gasteiger partial charge in [-0.25, -0.2) is 13.8 Å². The minimum Gasteiger partial charge on any atom is -0.363 e. The van der Waals surface area contributed by atoms with Crippen LogP contribution in [0.3, 0.4) is 0 Å². The zero-order valence-corrected chi connectivity index (χ0v) is 17.6. The SMILES string of the molecule is Cc1cc(-c2ncc(CNc3nccc(-c4ccc5nnccc5c4)c3F)cc2F)ccn1. The maximum atomic E-state index is 15.2. The Morgan fingerprint density at radius 2 is 1.73 bits per heavy atom. The number of aryl methyl sites for hydroxylation is 1. The molecular weight excluding hydrogens is 422 g/mol. The Hall–Kier alpha value is -4.33. The third kappa shape index (κ3) is 4.23. The number of rotatable bonds is 5. The lowest BCUT2D eigenvalue weighted by Crippen LogP contribution is -2.06. The molecule has 0 bridgehead atoms. The number of aromatic nitrogens is 5. The molecular formula is C25H18F2N6. The number of benzene rings is 1. The summed E-state index contributed by atoms with van der Waals surface area (Å²) in [6, 6.07) is 13.7. The van der Waals surface area contributed by atoms with E-state index in [1.165, 1.54) is 12.3 Å². The van der Waals surface area contributed by atoms with E-state index < -0.39 is 11.6 Å². The smallest absolute Gasteiger partial charge is 0.173 e. The number of pyridine rings is 3. The minimum absolute atomic E-state index is 0.0784. The van der Waals surface area contributed by atoms with Gasteiger partial charge in [0, 0.05) is 47.3 Å². The van der Waals surface area contributed by atoms with E-state index >= 15 is 4.39 Å². The second-order valence-corrected chi connectivity index (χ2v) is 7.54. The Morgan fingerprint density at radius 1 is 0.848 bits per heavy atom. The highest BCUT2D eigenvalue weighted by atomic mass is 19.1. The van der Waals surface area contributed by atoms with Crippen LogP contribution < -0.4 is 5.32 Å². The average Bonchev–Trinajstić information content (AvgIpc) is 2.83.